The number of rotatable bonds is 6. The van der Waals surface area contributed by atoms with E-state index in [4.69, 9.17) is 9.47 Å². The molecule has 0 spiro atoms. The van der Waals surface area contributed by atoms with Crippen LogP contribution in [0, 0.1) is 0 Å². The Labute approximate surface area is 130 Å². The summed E-state index contributed by atoms with van der Waals surface area (Å²) in [7, 11) is 1.67. The van der Waals surface area contributed by atoms with E-state index in [1.54, 1.807) is 18.4 Å². The van der Waals surface area contributed by atoms with Gasteiger partial charge in [-0.15, -0.1) is 11.3 Å². The molecule has 1 heterocycles. The Kier molecular flexibility index (Phi) is 5.26. The molecule has 4 heteroatoms. The minimum atomic E-state index is 0.0952. The third-order valence-corrected chi connectivity index (χ3v) is 3.85. The van der Waals surface area contributed by atoms with Crippen LogP contribution in [-0.2, 0) is 13.2 Å². The van der Waals surface area contributed by atoms with Crippen LogP contribution in [0.1, 0.15) is 31.2 Å². The number of hydrogen-bond acceptors (Lipinski definition) is 4. The zero-order valence-corrected chi connectivity index (χ0v) is 13.9. The molecule has 0 bridgehead atoms. The molecule has 0 unspecified atom stereocenters. The Hall–Kier alpha value is -1.52. The van der Waals surface area contributed by atoms with Crippen molar-refractivity contribution in [1.82, 2.24) is 5.32 Å². The summed E-state index contributed by atoms with van der Waals surface area (Å²) in [6, 6.07) is 10.2. The van der Waals surface area contributed by atoms with Crippen molar-refractivity contribution >= 4 is 11.3 Å². The maximum Gasteiger partial charge on any atom is 0.162 e. The van der Waals surface area contributed by atoms with Crippen LogP contribution >= 0.6 is 11.3 Å². The Morgan fingerprint density at radius 1 is 1.14 bits per heavy atom. The normalized spacial score (nSPS) is 11.4. The highest BCUT2D eigenvalue weighted by atomic mass is 32.1. The van der Waals surface area contributed by atoms with Gasteiger partial charge in [-0.05, 0) is 49.9 Å². The molecule has 1 aromatic heterocycles. The highest BCUT2D eigenvalue weighted by Crippen LogP contribution is 2.29. The third kappa shape index (κ3) is 5.06. The van der Waals surface area contributed by atoms with Gasteiger partial charge in [0.25, 0.3) is 0 Å². The molecule has 2 rings (SSSR count). The molecular weight excluding hydrogens is 282 g/mol. The minimum Gasteiger partial charge on any atom is -0.493 e. The molecule has 2 aromatic rings. The van der Waals surface area contributed by atoms with Gasteiger partial charge in [-0.2, -0.15) is 0 Å². The fourth-order valence-corrected chi connectivity index (χ4v) is 2.47. The van der Waals surface area contributed by atoms with Crippen LogP contribution in [0.5, 0.6) is 11.5 Å². The average molecular weight is 305 g/mol. The molecule has 114 valence electrons. The molecule has 0 aliphatic carbocycles. The first-order valence-corrected chi connectivity index (χ1v) is 7.93. The van der Waals surface area contributed by atoms with E-state index in [-0.39, 0.29) is 5.54 Å². The van der Waals surface area contributed by atoms with Crippen LogP contribution in [0.15, 0.2) is 35.7 Å². The smallest absolute Gasteiger partial charge is 0.162 e. The van der Waals surface area contributed by atoms with Gasteiger partial charge in [0.05, 0.1) is 7.11 Å². The van der Waals surface area contributed by atoms with Gasteiger partial charge >= 0.3 is 0 Å². The van der Waals surface area contributed by atoms with E-state index < -0.39 is 0 Å². The molecule has 0 fully saturated rings. The van der Waals surface area contributed by atoms with E-state index in [9.17, 15) is 0 Å². The number of benzene rings is 1. The molecule has 0 radical (unpaired) electrons. The molecular formula is C17H23NO2S. The number of methoxy groups -OCH3 is 1. The first-order valence-electron chi connectivity index (χ1n) is 7.05. The highest BCUT2D eigenvalue weighted by molar-refractivity contribution is 7.09. The molecule has 0 saturated carbocycles. The summed E-state index contributed by atoms with van der Waals surface area (Å²) in [5.74, 6) is 1.56. The molecule has 0 aliphatic heterocycles. The molecule has 0 amide bonds. The van der Waals surface area contributed by atoms with Gasteiger partial charge in [-0.25, -0.2) is 0 Å². The lowest BCUT2D eigenvalue weighted by Gasteiger charge is -2.21. The maximum absolute atomic E-state index is 5.90. The maximum atomic E-state index is 5.90. The molecule has 1 aromatic carbocycles. The summed E-state index contributed by atoms with van der Waals surface area (Å²) in [5.41, 5.74) is 1.28. The predicted molar refractivity (Wildman–Crippen MR) is 88.2 cm³/mol. The Balaban J connectivity index is 2.06. The first-order chi connectivity index (χ1) is 9.98. The Morgan fingerprint density at radius 3 is 2.57 bits per heavy atom. The van der Waals surface area contributed by atoms with Crippen molar-refractivity contribution in [1.29, 1.82) is 0 Å². The van der Waals surface area contributed by atoms with Gasteiger partial charge in [-0.3, -0.25) is 0 Å². The number of ether oxygens (including phenoxy) is 2. The summed E-state index contributed by atoms with van der Waals surface area (Å²) in [6.45, 7) is 7.85. The lowest BCUT2D eigenvalue weighted by atomic mass is 10.1. The van der Waals surface area contributed by atoms with Gasteiger partial charge in [-0.1, -0.05) is 12.1 Å². The summed E-state index contributed by atoms with van der Waals surface area (Å²) in [6.07, 6.45) is 0. The summed E-state index contributed by atoms with van der Waals surface area (Å²) < 4.78 is 11.3. The fraction of sp³-hybridized carbons (Fsp3) is 0.412. The second-order valence-electron chi connectivity index (χ2n) is 5.96. The van der Waals surface area contributed by atoms with Gasteiger partial charge in [0, 0.05) is 17.0 Å². The van der Waals surface area contributed by atoms with E-state index in [1.165, 1.54) is 10.4 Å². The van der Waals surface area contributed by atoms with Crippen molar-refractivity contribution in [3.8, 4) is 11.5 Å². The number of thiophene rings is 1. The number of nitrogens with one attached hydrogen (secondary N) is 1. The van der Waals surface area contributed by atoms with E-state index in [2.05, 4.69) is 43.6 Å². The van der Waals surface area contributed by atoms with E-state index in [0.717, 1.165) is 18.0 Å². The zero-order chi connectivity index (χ0) is 15.3. The molecule has 21 heavy (non-hydrogen) atoms. The minimum absolute atomic E-state index is 0.0952. The SMILES string of the molecule is COc1ccc(CNC(C)(C)C)cc1OCc1cccs1. The zero-order valence-electron chi connectivity index (χ0n) is 13.1. The monoisotopic (exact) mass is 305 g/mol. The van der Waals surface area contributed by atoms with E-state index in [0.29, 0.717) is 6.61 Å². The van der Waals surface area contributed by atoms with Crippen molar-refractivity contribution < 1.29 is 9.47 Å². The molecule has 0 saturated heterocycles. The van der Waals surface area contributed by atoms with Crippen LogP contribution in [-0.4, -0.2) is 12.6 Å². The number of hydrogen-bond donors (Lipinski definition) is 1. The molecule has 3 nitrogen and oxygen atoms in total. The van der Waals surface area contributed by atoms with Crippen LogP contribution in [0.4, 0.5) is 0 Å². The van der Waals surface area contributed by atoms with Gasteiger partial charge in [0.1, 0.15) is 6.61 Å². The standard InChI is InChI=1S/C17H23NO2S/c1-17(2,3)18-11-13-7-8-15(19-4)16(10-13)20-12-14-6-5-9-21-14/h5-10,18H,11-12H2,1-4H3. The summed E-state index contributed by atoms with van der Waals surface area (Å²) in [5, 5.41) is 5.53. The van der Waals surface area contributed by atoms with Gasteiger partial charge < -0.3 is 14.8 Å². The molecule has 1 N–H and O–H groups in total. The largest absolute Gasteiger partial charge is 0.493 e. The van der Waals surface area contributed by atoms with Crippen molar-refractivity contribution in [2.45, 2.75) is 39.5 Å². The fourth-order valence-electron chi connectivity index (χ4n) is 1.85. The van der Waals surface area contributed by atoms with Gasteiger partial charge in [0.15, 0.2) is 11.5 Å². The summed E-state index contributed by atoms with van der Waals surface area (Å²) in [4.78, 5) is 1.20. The van der Waals surface area contributed by atoms with Crippen molar-refractivity contribution in [2.75, 3.05) is 7.11 Å². The third-order valence-electron chi connectivity index (χ3n) is 3.00. The Morgan fingerprint density at radius 2 is 1.95 bits per heavy atom. The lowest BCUT2D eigenvalue weighted by molar-refractivity contribution is 0.286. The van der Waals surface area contributed by atoms with Crippen LogP contribution < -0.4 is 14.8 Å². The van der Waals surface area contributed by atoms with Crippen molar-refractivity contribution in [3.63, 3.8) is 0 Å². The Bertz CT molecular complexity index is 559. The highest BCUT2D eigenvalue weighted by Gasteiger charge is 2.11. The van der Waals surface area contributed by atoms with Crippen LogP contribution in [0.2, 0.25) is 0 Å². The van der Waals surface area contributed by atoms with Crippen molar-refractivity contribution in [2.24, 2.45) is 0 Å². The topological polar surface area (TPSA) is 30.5 Å². The summed E-state index contributed by atoms with van der Waals surface area (Å²) >= 11 is 1.70. The lowest BCUT2D eigenvalue weighted by Crippen LogP contribution is -2.35. The van der Waals surface area contributed by atoms with Crippen molar-refractivity contribution in [3.05, 3.63) is 46.2 Å². The second kappa shape index (κ2) is 6.96. The van der Waals surface area contributed by atoms with Gasteiger partial charge in [0.2, 0.25) is 0 Å². The van der Waals surface area contributed by atoms with Crippen LogP contribution in [0.3, 0.4) is 0 Å². The predicted octanol–water partition coefficient (Wildman–Crippen LogP) is 4.22. The average Bonchev–Trinajstić information content (AvgIpc) is 2.95. The molecule has 0 atom stereocenters. The first kappa shape index (κ1) is 15.9. The van der Waals surface area contributed by atoms with Crippen LogP contribution in [0.25, 0.3) is 0 Å². The van der Waals surface area contributed by atoms with E-state index >= 15 is 0 Å². The van der Waals surface area contributed by atoms with E-state index in [1.807, 2.05) is 18.2 Å². The quantitative estimate of drug-likeness (QED) is 0.866. The second-order valence-corrected chi connectivity index (χ2v) is 6.99. The molecule has 0 aliphatic rings.